The van der Waals surface area contributed by atoms with Crippen molar-refractivity contribution >= 4 is 98.1 Å². The summed E-state index contributed by atoms with van der Waals surface area (Å²) in [6.45, 7) is 10.2. The topological polar surface area (TPSA) is 256 Å². The van der Waals surface area contributed by atoms with Gasteiger partial charge in [-0.25, -0.2) is 4.39 Å². The summed E-state index contributed by atoms with van der Waals surface area (Å²) < 4.78 is 12.8. The molecule has 0 radical (unpaired) electrons. The van der Waals surface area contributed by atoms with Gasteiger partial charge in [0.2, 0.25) is 0 Å². The van der Waals surface area contributed by atoms with Crippen LogP contribution < -0.4 is 0 Å². The molecule has 1 aromatic heterocycles. The molecule has 10 rings (SSSR count). The first kappa shape index (κ1) is 70.7. The molecule has 0 spiro atoms. The predicted molar refractivity (Wildman–Crippen MR) is 327 cm³/mol. The van der Waals surface area contributed by atoms with Crippen LogP contribution in [0.25, 0.3) is 0 Å². The van der Waals surface area contributed by atoms with Crippen molar-refractivity contribution in [2.45, 2.75) is 207 Å². The Bertz CT molecular complexity index is 2890. The third-order valence-corrected chi connectivity index (χ3v) is 20.5. The van der Waals surface area contributed by atoms with Gasteiger partial charge in [-0.2, -0.15) is 0 Å². The fourth-order valence-electron chi connectivity index (χ4n) is 14.7. The standard InChI is InChI=1S/C16H20O3.C15H15FO3.C15H22O3.C13H14O3S.C12H18O3/c1-2-13(17)16-14(18)7-11(8-15(16)19)12-6-9-3-4-10(12)5-9;1-2-12(17)15-13(18)7-10(8-14(15)19)9-3-5-11(16)6-4-9;1-2-12(16)15-13(17)8-11(9-14(15)18)10-6-4-3-5-7-10;1-2-9(14)13-10(15)6-8(7-11(13)16)12-4-3-5-17-12;1-3-4-5-9-6-10(14)12(8(2)13)11(15)7-9/h3-4,9-12,16H,2,5-8H2,1H3;3-6,10,15H,2,7-8H2,1H3;10-11,15H,2-9H2,1H3;3-5,8,13H,2,6-7H2,1H3;9,12H,3-7H2,1-2H3. The highest BCUT2D eigenvalue weighted by Gasteiger charge is 2.48. The van der Waals surface area contributed by atoms with Crippen molar-refractivity contribution in [1.29, 1.82) is 0 Å². The number of hydrogen-bond acceptors (Lipinski definition) is 16. The average Bonchev–Trinajstić information content (AvgIpc) is 3.62. The molecule has 88 heavy (non-hydrogen) atoms. The number of Topliss-reactive ketones (excluding diaryl/α,β-unsaturated/α-hetero) is 15. The van der Waals surface area contributed by atoms with Crippen LogP contribution in [0.3, 0.4) is 0 Å². The monoisotopic (exact) mass is 1230 g/mol. The number of carbonyl (C=O) groups excluding carboxylic acids is 15. The quantitative estimate of drug-likeness (QED) is 0.112. The molecule has 8 aliphatic rings. The Labute approximate surface area is 520 Å². The van der Waals surface area contributed by atoms with E-state index in [1.807, 2.05) is 17.5 Å². The largest absolute Gasteiger partial charge is 0.299 e. The van der Waals surface area contributed by atoms with Crippen molar-refractivity contribution in [3.05, 3.63) is 70.2 Å². The van der Waals surface area contributed by atoms with Crippen molar-refractivity contribution in [1.82, 2.24) is 0 Å². The molecule has 0 saturated heterocycles. The van der Waals surface area contributed by atoms with Crippen molar-refractivity contribution < 1.29 is 76.3 Å². The van der Waals surface area contributed by atoms with Gasteiger partial charge in [-0.3, -0.25) is 71.9 Å². The molecule has 0 N–H and O–H groups in total. The Hall–Kier alpha value is -6.36. The Morgan fingerprint density at radius 1 is 0.466 bits per heavy atom. The Morgan fingerprint density at radius 3 is 1.26 bits per heavy atom. The minimum absolute atomic E-state index is 0.0177. The van der Waals surface area contributed by atoms with Gasteiger partial charge in [-0.15, -0.1) is 11.3 Å². The minimum Gasteiger partial charge on any atom is -0.299 e. The highest BCUT2D eigenvalue weighted by Crippen LogP contribution is 2.50. The number of unbranched alkanes of at least 4 members (excludes halogenated alkanes) is 1. The van der Waals surface area contributed by atoms with E-state index in [0.717, 1.165) is 49.0 Å². The molecule has 7 fully saturated rings. The first-order valence-corrected chi connectivity index (χ1v) is 33.2. The number of hydrogen-bond donors (Lipinski definition) is 0. The molecule has 7 saturated carbocycles. The zero-order valence-electron chi connectivity index (χ0n) is 52.2. The third kappa shape index (κ3) is 18.4. The van der Waals surface area contributed by atoms with E-state index in [1.54, 1.807) is 51.2 Å². The molecule has 1 heterocycles. The SMILES string of the molecule is CCC(=O)C1C(=O)CC(C2CC3C=CC2C3)CC1=O.CCC(=O)C1C(=O)CC(C2CCCCC2)CC1=O.CCC(=O)C1C(=O)CC(c2ccc(F)cc2)CC1=O.CCC(=O)C1C(=O)CC(c2cccs2)CC1=O.CCCCC1CC(=O)C(C(C)=O)C(=O)C1. The number of thiophene rings is 1. The molecular weight excluding hydrogens is 1140 g/mol. The van der Waals surface area contributed by atoms with Gasteiger partial charge in [-0.05, 0) is 103 Å². The van der Waals surface area contributed by atoms with Gasteiger partial charge in [0.1, 0.15) is 41.2 Å². The summed E-state index contributed by atoms with van der Waals surface area (Å²) in [7, 11) is 0. The normalized spacial score (nSPS) is 29.6. The molecule has 3 unspecified atom stereocenters. The van der Waals surface area contributed by atoms with Crippen molar-refractivity contribution in [2.24, 2.45) is 71.0 Å². The van der Waals surface area contributed by atoms with Gasteiger partial charge in [0.25, 0.3) is 0 Å². The van der Waals surface area contributed by atoms with Crippen LogP contribution in [0.5, 0.6) is 0 Å². The van der Waals surface area contributed by atoms with Crippen LogP contribution in [0.15, 0.2) is 53.9 Å². The zero-order chi connectivity index (χ0) is 64.5. The van der Waals surface area contributed by atoms with E-state index < -0.39 is 29.6 Å². The van der Waals surface area contributed by atoms with Gasteiger partial charge < -0.3 is 0 Å². The number of halogens is 1. The molecule has 2 aromatic rings. The lowest BCUT2D eigenvalue weighted by Crippen LogP contribution is -2.41. The molecular formula is C71H89FO15S. The van der Waals surface area contributed by atoms with Gasteiger partial charge in [-0.1, -0.05) is 110 Å². The summed E-state index contributed by atoms with van der Waals surface area (Å²) in [5.74, 6) is -5.67. The first-order valence-electron chi connectivity index (χ1n) is 32.3. The number of rotatable bonds is 16. The predicted octanol–water partition coefficient (Wildman–Crippen LogP) is 11.8. The fourth-order valence-corrected chi connectivity index (χ4v) is 15.5. The van der Waals surface area contributed by atoms with Gasteiger partial charge >= 0.3 is 0 Å². The van der Waals surface area contributed by atoms with E-state index in [4.69, 9.17) is 0 Å². The second-order valence-electron chi connectivity index (χ2n) is 25.6. The molecule has 15 nitrogen and oxygen atoms in total. The summed E-state index contributed by atoms with van der Waals surface area (Å²) in [5.41, 5.74) is 0.769. The van der Waals surface area contributed by atoms with E-state index >= 15 is 0 Å². The van der Waals surface area contributed by atoms with E-state index in [9.17, 15) is 76.3 Å². The Kier molecular flexibility index (Phi) is 26.9. The maximum atomic E-state index is 12.8. The maximum absolute atomic E-state index is 12.8. The lowest BCUT2D eigenvalue weighted by Gasteiger charge is -2.33. The molecule has 8 aliphatic carbocycles. The molecule has 1 aromatic carbocycles. The van der Waals surface area contributed by atoms with Crippen LogP contribution in [0.4, 0.5) is 4.39 Å². The van der Waals surface area contributed by atoms with Crippen LogP contribution in [0.2, 0.25) is 0 Å². The van der Waals surface area contributed by atoms with Crippen molar-refractivity contribution in [3.63, 3.8) is 0 Å². The molecule has 476 valence electrons. The van der Waals surface area contributed by atoms with Crippen LogP contribution >= 0.6 is 11.3 Å². The molecule has 17 heteroatoms. The number of fused-ring (bicyclic) bond motifs is 2. The summed E-state index contributed by atoms with van der Waals surface area (Å²) in [4.78, 5) is 178. The Balaban J connectivity index is 0.000000176. The number of benzene rings is 1. The molecule has 2 bridgehead atoms. The maximum Gasteiger partial charge on any atom is 0.151 e. The van der Waals surface area contributed by atoms with E-state index in [0.29, 0.717) is 75.0 Å². The summed E-state index contributed by atoms with van der Waals surface area (Å²) in [6.07, 6.45) is 20.6. The third-order valence-electron chi connectivity index (χ3n) is 19.4. The van der Waals surface area contributed by atoms with Crippen LogP contribution in [-0.2, 0) is 71.9 Å². The molecule has 3 atom stereocenters. The number of ketones is 15. The van der Waals surface area contributed by atoms with Crippen LogP contribution in [0, 0.1) is 76.8 Å². The lowest BCUT2D eigenvalue weighted by atomic mass is 9.69. The summed E-state index contributed by atoms with van der Waals surface area (Å²) in [6, 6.07) is 9.66. The smallest absolute Gasteiger partial charge is 0.151 e. The van der Waals surface area contributed by atoms with Crippen molar-refractivity contribution in [2.75, 3.05) is 0 Å². The average molecular weight is 1230 g/mol. The van der Waals surface area contributed by atoms with Gasteiger partial charge in [0, 0.05) is 101 Å². The van der Waals surface area contributed by atoms with Crippen molar-refractivity contribution in [3.8, 4) is 0 Å². The highest BCUT2D eigenvalue weighted by atomic mass is 32.1. The number of allylic oxidation sites excluding steroid dienone is 2. The van der Waals surface area contributed by atoms with Gasteiger partial charge in [0.15, 0.2) is 81.0 Å². The van der Waals surface area contributed by atoms with E-state index in [1.165, 1.54) is 44.7 Å². The second kappa shape index (κ2) is 33.5. The molecule has 0 aliphatic heterocycles. The summed E-state index contributed by atoms with van der Waals surface area (Å²) >= 11 is 1.56. The van der Waals surface area contributed by atoms with Gasteiger partial charge in [0.05, 0.1) is 0 Å². The fraction of sp³-hybridized carbons (Fsp3) is 0.620. The summed E-state index contributed by atoms with van der Waals surface area (Å²) in [5, 5.41) is 1.94. The lowest BCUT2D eigenvalue weighted by molar-refractivity contribution is -0.146. The highest BCUT2D eigenvalue weighted by molar-refractivity contribution is 7.10. The van der Waals surface area contributed by atoms with E-state index in [2.05, 4.69) is 19.1 Å². The molecule has 0 amide bonds. The second-order valence-corrected chi connectivity index (χ2v) is 26.6. The van der Waals surface area contributed by atoms with Crippen LogP contribution in [0.1, 0.15) is 218 Å². The zero-order valence-corrected chi connectivity index (χ0v) is 53.0. The number of carbonyl (C=O) groups is 15. The van der Waals surface area contributed by atoms with E-state index in [-0.39, 0.29) is 161 Å². The minimum atomic E-state index is -1.07. The Morgan fingerprint density at radius 2 is 0.886 bits per heavy atom. The van der Waals surface area contributed by atoms with Crippen LogP contribution in [-0.4, -0.2) is 86.7 Å². The first-order chi connectivity index (χ1) is 41.9.